The highest BCUT2D eigenvalue weighted by atomic mass is 32.2. The van der Waals surface area contributed by atoms with Crippen LogP contribution in [0.5, 0.6) is 0 Å². The van der Waals surface area contributed by atoms with E-state index < -0.39 is 10.0 Å². The third-order valence-electron chi connectivity index (χ3n) is 6.95. The lowest BCUT2D eigenvalue weighted by Gasteiger charge is -2.29. The summed E-state index contributed by atoms with van der Waals surface area (Å²) in [5.74, 6) is 0.592. The minimum absolute atomic E-state index is 0.345. The Morgan fingerprint density at radius 3 is 2.40 bits per heavy atom. The molecule has 35 heavy (non-hydrogen) atoms. The van der Waals surface area contributed by atoms with Crippen molar-refractivity contribution in [1.29, 1.82) is 0 Å². The predicted octanol–water partition coefficient (Wildman–Crippen LogP) is 5.28. The van der Waals surface area contributed by atoms with Gasteiger partial charge in [0.1, 0.15) is 5.82 Å². The SMILES string of the molecule is CCCCCc1cc2c(CCCCCN)cc(-c3cccc(S(=O)(=O)N4CCC4)c3)cc2nc1N. The van der Waals surface area contributed by atoms with E-state index in [1.54, 1.807) is 12.1 Å². The Labute approximate surface area is 209 Å². The van der Waals surface area contributed by atoms with Crippen LogP contribution in [-0.4, -0.2) is 37.3 Å². The molecule has 0 unspecified atom stereocenters. The van der Waals surface area contributed by atoms with Crippen LogP contribution in [0.4, 0.5) is 5.82 Å². The van der Waals surface area contributed by atoms with Crippen molar-refractivity contribution in [3.05, 3.63) is 53.6 Å². The minimum atomic E-state index is -3.44. The zero-order chi connectivity index (χ0) is 24.8. The molecule has 3 aromatic rings. The molecular weight excluding hydrogens is 456 g/mol. The van der Waals surface area contributed by atoms with Gasteiger partial charge in [0, 0.05) is 18.5 Å². The summed E-state index contributed by atoms with van der Waals surface area (Å²) in [5.41, 5.74) is 17.1. The summed E-state index contributed by atoms with van der Waals surface area (Å²) in [7, 11) is -3.44. The Morgan fingerprint density at radius 1 is 0.914 bits per heavy atom. The molecule has 0 atom stereocenters. The number of benzene rings is 2. The number of sulfonamides is 1. The second-order valence-corrected chi connectivity index (χ2v) is 11.5. The number of anilines is 1. The van der Waals surface area contributed by atoms with Gasteiger partial charge in [-0.25, -0.2) is 13.4 Å². The van der Waals surface area contributed by atoms with Crippen LogP contribution in [-0.2, 0) is 22.9 Å². The summed E-state index contributed by atoms with van der Waals surface area (Å²) < 4.78 is 27.5. The second kappa shape index (κ2) is 11.5. The molecule has 0 aliphatic carbocycles. The summed E-state index contributed by atoms with van der Waals surface area (Å²) in [6, 6.07) is 13.7. The maximum atomic E-state index is 13.0. The number of aromatic nitrogens is 1. The first-order valence-electron chi connectivity index (χ1n) is 13.0. The number of hydrogen-bond acceptors (Lipinski definition) is 5. The fourth-order valence-corrected chi connectivity index (χ4v) is 6.26. The summed E-state index contributed by atoms with van der Waals surface area (Å²) >= 11 is 0. The maximum absolute atomic E-state index is 13.0. The number of nitrogen functional groups attached to an aromatic ring is 1. The van der Waals surface area contributed by atoms with Crippen LogP contribution >= 0.6 is 0 Å². The summed E-state index contributed by atoms with van der Waals surface area (Å²) in [5, 5.41) is 1.14. The van der Waals surface area contributed by atoms with Crippen LogP contribution in [0, 0.1) is 0 Å². The van der Waals surface area contributed by atoms with Crippen LogP contribution < -0.4 is 11.5 Å². The molecule has 1 aliphatic rings. The first-order chi connectivity index (χ1) is 16.9. The van der Waals surface area contributed by atoms with E-state index >= 15 is 0 Å². The predicted molar refractivity (Wildman–Crippen MR) is 145 cm³/mol. The molecule has 7 heteroatoms. The van der Waals surface area contributed by atoms with Gasteiger partial charge in [-0.2, -0.15) is 4.31 Å². The Bertz CT molecular complexity index is 1270. The van der Waals surface area contributed by atoms with Crippen LogP contribution in [0.25, 0.3) is 22.0 Å². The molecule has 0 bridgehead atoms. The van der Waals surface area contributed by atoms with Crippen molar-refractivity contribution in [2.24, 2.45) is 5.73 Å². The van der Waals surface area contributed by atoms with Crippen LogP contribution in [0.3, 0.4) is 0 Å². The smallest absolute Gasteiger partial charge is 0.243 e. The van der Waals surface area contributed by atoms with E-state index in [2.05, 4.69) is 19.1 Å². The van der Waals surface area contributed by atoms with Crippen molar-refractivity contribution in [2.75, 3.05) is 25.4 Å². The van der Waals surface area contributed by atoms with Gasteiger partial charge < -0.3 is 11.5 Å². The summed E-state index contributed by atoms with van der Waals surface area (Å²) in [6.07, 6.45) is 9.39. The van der Waals surface area contributed by atoms with Crippen LogP contribution in [0.15, 0.2) is 47.4 Å². The molecule has 0 radical (unpaired) electrons. The lowest BCUT2D eigenvalue weighted by molar-refractivity contribution is 0.309. The van der Waals surface area contributed by atoms with Crippen molar-refractivity contribution in [3.8, 4) is 11.1 Å². The van der Waals surface area contributed by atoms with Gasteiger partial charge in [0.15, 0.2) is 0 Å². The Balaban J connectivity index is 1.74. The van der Waals surface area contributed by atoms with Crippen molar-refractivity contribution < 1.29 is 8.42 Å². The van der Waals surface area contributed by atoms with Crippen molar-refractivity contribution in [3.63, 3.8) is 0 Å². The molecule has 0 spiro atoms. The number of rotatable bonds is 12. The molecule has 4 N–H and O–H groups in total. The van der Waals surface area contributed by atoms with Crippen LogP contribution in [0.1, 0.15) is 63.0 Å². The number of fused-ring (bicyclic) bond motifs is 1. The minimum Gasteiger partial charge on any atom is -0.383 e. The van der Waals surface area contributed by atoms with Crippen molar-refractivity contribution in [2.45, 2.75) is 69.6 Å². The lowest BCUT2D eigenvalue weighted by Crippen LogP contribution is -2.41. The van der Waals surface area contributed by atoms with Crippen LogP contribution in [0.2, 0.25) is 0 Å². The number of hydrogen-bond donors (Lipinski definition) is 2. The second-order valence-electron chi connectivity index (χ2n) is 9.58. The molecular formula is C28H38N4O2S. The Morgan fingerprint density at radius 2 is 1.69 bits per heavy atom. The lowest BCUT2D eigenvalue weighted by atomic mass is 9.94. The van der Waals surface area contributed by atoms with E-state index in [0.717, 1.165) is 72.5 Å². The highest BCUT2D eigenvalue weighted by molar-refractivity contribution is 7.89. The van der Waals surface area contributed by atoms with Gasteiger partial charge in [-0.05, 0) is 91.6 Å². The molecule has 6 nitrogen and oxygen atoms in total. The van der Waals surface area contributed by atoms with E-state index in [1.165, 1.54) is 22.7 Å². The third kappa shape index (κ3) is 5.85. The molecule has 4 rings (SSSR count). The van der Waals surface area contributed by atoms with E-state index in [0.29, 0.717) is 30.3 Å². The fraction of sp³-hybridized carbons (Fsp3) is 0.464. The highest BCUT2D eigenvalue weighted by Crippen LogP contribution is 2.32. The number of pyridine rings is 1. The number of nitrogens with two attached hydrogens (primary N) is 2. The highest BCUT2D eigenvalue weighted by Gasteiger charge is 2.29. The normalized spacial score (nSPS) is 14.3. The van der Waals surface area contributed by atoms with Crippen molar-refractivity contribution in [1.82, 2.24) is 9.29 Å². The monoisotopic (exact) mass is 494 g/mol. The van der Waals surface area contributed by atoms with E-state index in [1.807, 2.05) is 18.2 Å². The average molecular weight is 495 g/mol. The molecule has 188 valence electrons. The number of aryl methyl sites for hydroxylation is 2. The first-order valence-corrected chi connectivity index (χ1v) is 14.4. The van der Waals surface area contributed by atoms with Gasteiger partial charge in [0.25, 0.3) is 0 Å². The Kier molecular flexibility index (Phi) is 8.42. The van der Waals surface area contributed by atoms with Gasteiger partial charge in [-0.1, -0.05) is 44.4 Å². The van der Waals surface area contributed by atoms with Gasteiger partial charge in [0.05, 0.1) is 10.4 Å². The molecule has 0 amide bonds. The first kappa shape index (κ1) is 25.6. The molecule has 1 fully saturated rings. The zero-order valence-corrected chi connectivity index (χ0v) is 21.6. The summed E-state index contributed by atoms with van der Waals surface area (Å²) in [4.78, 5) is 5.14. The zero-order valence-electron chi connectivity index (χ0n) is 20.8. The van der Waals surface area contributed by atoms with Crippen molar-refractivity contribution >= 4 is 26.7 Å². The Hall–Kier alpha value is -2.48. The molecule has 1 aliphatic heterocycles. The summed E-state index contributed by atoms with van der Waals surface area (Å²) in [6.45, 7) is 4.10. The average Bonchev–Trinajstić information content (AvgIpc) is 2.81. The largest absolute Gasteiger partial charge is 0.383 e. The fourth-order valence-electron chi connectivity index (χ4n) is 4.69. The topological polar surface area (TPSA) is 102 Å². The molecule has 2 heterocycles. The number of unbranched alkanes of at least 4 members (excludes halogenated alkanes) is 4. The molecule has 2 aromatic carbocycles. The van der Waals surface area contributed by atoms with Gasteiger partial charge in [-0.15, -0.1) is 0 Å². The maximum Gasteiger partial charge on any atom is 0.243 e. The molecule has 0 saturated carbocycles. The third-order valence-corrected chi connectivity index (χ3v) is 8.85. The van der Waals surface area contributed by atoms with Gasteiger partial charge in [0.2, 0.25) is 10.0 Å². The van der Waals surface area contributed by atoms with Gasteiger partial charge >= 0.3 is 0 Å². The quantitative estimate of drug-likeness (QED) is 0.333. The number of nitrogens with zero attached hydrogens (tertiary/aromatic N) is 2. The van der Waals surface area contributed by atoms with E-state index in [9.17, 15) is 8.42 Å². The standard InChI is InChI=1S/C28H38N4O2S/c1-2-3-5-11-23-19-26-22(10-6-4-7-14-29)17-24(20-27(26)31-28(23)30)21-12-8-13-25(18-21)35(33,34)32-15-9-16-32/h8,12-13,17-20H,2-7,9-11,14-16,29H2,1H3,(H2,30,31). The van der Waals surface area contributed by atoms with Gasteiger partial charge in [-0.3, -0.25) is 0 Å². The molecule has 1 saturated heterocycles. The van der Waals surface area contributed by atoms with E-state index in [4.69, 9.17) is 16.5 Å². The molecule has 1 aromatic heterocycles. The van der Waals surface area contributed by atoms with E-state index in [-0.39, 0.29) is 0 Å².